The van der Waals surface area contributed by atoms with Crippen molar-refractivity contribution in [2.45, 2.75) is 63.3 Å². The van der Waals surface area contributed by atoms with Gasteiger partial charge in [-0.15, -0.1) is 0 Å². The Bertz CT molecular complexity index is 886. The fourth-order valence-electron chi connectivity index (χ4n) is 4.53. The van der Waals surface area contributed by atoms with Gasteiger partial charge in [-0.2, -0.15) is 15.2 Å². The maximum absolute atomic E-state index is 9.23. The number of methoxy groups -OCH3 is 1. The lowest BCUT2D eigenvalue weighted by Gasteiger charge is -2.48. The average molecular weight is 430 g/mol. The second kappa shape index (κ2) is 9.55. The van der Waals surface area contributed by atoms with E-state index in [-0.39, 0.29) is 6.61 Å². The highest BCUT2D eigenvalue weighted by Crippen LogP contribution is 2.35. The number of anilines is 3. The van der Waals surface area contributed by atoms with E-state index in [0.717, 1.165) is 24.3 Å². The summed E-state index contributed by atoms with van der Waals surface area (Å²) in [5.74, 6) is 1.60. The summed E-state index contributed by atoms with van der Waals surface area (Å²) in [4.78, 5) is 16.6. The van der Waals surface area contributed by atoms with E-state index in [1.54, 1.807) is 19.4 Å². The number of hydrogen-bond acceptors (Lipinski definition) is 10. The lowest BCUT2D eigenvalue weighted by atomic mass is 9.81. The number of hydrogen-bond donors (Lipinski definition) is 3. The largest absolute Gasteiger partial charge is 0.481 e. The van der Waals surface area contributed by atoms with Crippen LogP contribution in [0.4, 0.5) is 16.9 Å². The Balaban J connectivity index is 1.45. The predicted molar refractivity (Wildman–Crippen MR) is 115 cm³/mol. The van der Waals surface area contributed by atoms with Crippen LogP contribution in [0.25, 0.3) is 0 Å². The number of rotatable bonds is 8. The second-order valence-electron chi connectivity index (χ2n) is 7.73. The molecule has 1 unspecified atom stereocenters. The molecule has 3 N–H and O–H groups in total. The number of aliphatic hydroxyl groups excluding tert-OH is 1. The molecule has 4 heterocycles. The number of nitrogens with zero attached hydrogens (tertiary/aromatic N) is 5. The van der Waals surface area contributed by atoms with Crippen LogP contribution in [0.1, 0.15) is 43.4 Å². The number of nitriles is 1. The van der Waals surface area contributed by atoms with E-state index < -0.39 is 0 Å². The van der Waals surface area contributed by atoms with Gasteiger partial charge < -0.3 is 20.5 Å². The molecule has 10 heteroatoms. The number of fused-ring (bicyclic) bond motifs is 2. The third kappa shape index (κ3) is 4.80. The van der Waals surface area contributed by atoms with Gasteiger partial charge in [0.1, 0.15) is 5.82 Å². The lowest BCUT2D eigenvalue weighted by molar-refractivity contribution is 0.0369. The molecule has 2 aromatic heterocycles. The molecule has 30 heavy (non-hydrogen) atoms. The summed E-state index contributed by atoms with van der Waals surface area (Å²) in [6.07, 6.45) is 7.91. The summed E-state index contributed by atoms with van der Waals surface area (Å²) >= 11 is 1.38. The van der Waals surface area contributed by atoms with Gasteiger partial charge in [-0.25, -0.2) is 4.98 Å². The Labute approximate surface area is 180 Å². The standard InChI is InChI=1S/C20H27N7O2S/c1-29-18-10-17(25-20-22-11-16(12-28)30-20)24-19(26-18)23-13-8-14-4-2-5-15(9-13)27(14)7-3-6-21/h10-11,13-15,28H,2-5,7-9,12H2,1H3,(H2,22,23,24,25,26)/t13?,14-,15+. The normalized spacial score (nSPS) is 23.6. The Kier molecular flexibility index (Phi) is 6.62. The number of aromatic nitrogens is 3. The minimum Gasteiger partial charge on any atom is -0.481 e. The van der Waals surface area contributed by atoms with E-state index in [4.69, 9.17) is 10.00 Å². The second-order valence-corrected chi connectivity index (χ2v) is 8.85. The van der Waals surface area contributed by atoms with Gasteiger partial charge in [-0.1, -0.05) is 17.8 Å². The molecule has 0 aliphatic carbocycles. The van der Waals surface area contributed by atoms with Crippen LogP contribution in [0.15, 0.2) is 12.3 Å². The highest BCUT2D eigenvalue weighted by atomic mass is 32.1. The molecule has 0 amide bonds. The predicted octanol–water partition coefficient (Wildman–Crippen LogP) is 2.89. The van der Waals surface area contributed by atoms with Crippen molar-refractivity contribution in [2.24, 2.45) is 0 Å². The molecule has 2 aliphatic heterocycles. The van der Waals surface area contributed by atoms with Crippen LogP contribution < -0.4 is 15.4 Å². The van der Waals surface area contributed by atoms with E-state index in [9.17, 15) is 5.11 Å². The summed E-state index contributed by atoms with van der Waals surface area (Å²) in [5.41, 5.74) is 0. The van der Waals surface area contributed by atoms with Crippen molar-refractivity contribution in [2.75, 3.05) is 24.3 Å². The molecule has 2 aromatic rings. The monoisotopic (exact) mass is 429 g/mol. The summed E-state index contributed by atoms with van der Waals surface area (Å²) in [5, 5.41) is 25.5. The van der Waals surface area contributed by atoms with Crippen LogP contribution in [0.5, 0.6) is 5.88 Å². The molecule has 2 saturated heterocycles. The van der Waals surface area contributed by atoms with Crippen molar-refractivity contribution in [3.8, 4) is 11.9 Å². The van der Waals surface area contributed by atoms with E-state index in [1.807, 2.05) is 0 Å². The zero-order valence-corrected chi connectivity index (χ0v) is 17.9. The molecule has 2 aliphatic rings. The Morgan fingerprint density at radius 3 is 2.80 bits per heavy atom. The Morgan fingerprint density at radius 2 is 2.13 bits per heavy atom. The molecule has 2 fully saturated rings. The van der Waals surface area contributed by atoms with Crippen LogP contribution in [-0.2, 0) is 6.61 Å². The maximum Gasteiger partial charge on any atom is 0.228 e. The first-order chi connectivity index (χ1) is 14.7. The number of thiazole rings is 1. The first-order valence-corrected chi connectivity index (χ1v) is 11.1. The van der Waals surface area contributed by atoms with Gasteiger partial charge in [0.15, 0.2) is 5.13 Å². The van der Waals surface area contributed by atoms with Crippen LogP contribution in [0, 0.1) is 11.3 Å². The molecular formula is C20H27N7O2S. The highest BCUT2D eigenvalue weighted by Gasteiger charge is 2.38. The van der Waals surface area contributed by atoms with Gasteiger partial charge in [0.05, 0.1) is 24.7 Å². The summed E-state index contributed by atoms with van der Waals surface area (Å²) in [6, 6.07) is 5.33. The number of aliphatic hydroxyl groups is 1. The van der Waals surface area contributed by atoms with Crippen molar-refractivity contribution < 1.29 is 9.84 Å². The van der Waals surface area contributed by atoms with Crippen molar-refractivity contribution in [1.82, 2.24) is 19.9 Å². The Hall–Kier alpha value is -2.48. The molecule has 0 saturated carbocycles. The molecular weight excluding hydrogens is 402 g/mol. The van der Waals surface area contributed by atoms with Gasteiger partial charge in [-0.05, 0) is 25.7 Å². The lowest BCUT2D eigenvalue weighted by Crippen LogP contribution is -2.55. The number of ether oxygens (including phenoxy) is 1. The first-order valence-electron chi connectivity index (χ1n) is 10.3. The quantitative estimate of drug-likeness (QED) is 0.582. The van der Waals surface area contributed by atoms with Gasteiger partial charge in [0.25, 0.3) is 0 Å². The molecule has 3 atom stereocenters. The SMILES string of the molecule is COc1cc(Nc2ncc(CO)s2)nc(NC2C[C@H]3CCC[C@@H](C2)N3CCC#N)n1. The highest BCUT2D eigenvalue weighted by molar-refractivity contribution is 7.15. The summed E-state index contributed by atoms with van der Waals surface area (Å²) < 4.78 is 5.36. The van der Waals surface area contributed by atoms with Gasteiger partial charge >= 0.3 is 0 Å². The fraction of sp³-hybridized carbons (Fsp3) is 0.600. The van der Waals surface area contributed by atoms with Crippen LogP contribution in [0.2, 0.25) is 0 Å². The number of nitrogens with one attached hydrogen (secondary N) is 2. The maximum atomic E-state index is 9.23. The molecule has 160 valence electrons. The number of piperidine rings is 2. The zero-order valence-electron chi connectivity index (χ0n) is 17.0. The fourth-order valence-corrected chi connectivity index (χ4v) is 5.21. The molecule has 9 nitrogen and oxygen atoms in total. The Morgan fingerprint density at radius 1 is 1.33 bits per heavy atom. The molecule has 0 radical (unpaired) electrons. The topological polar surface area (TPSA) is 119 Å². The van der Waals surface area contributed by atoms with Crippen LogP contribution >= 0.6 is 11.3 Å². The molecule has 0 spiro atoms. The third-order valence-electron chi connectivity index (χ3n) is 5.80. The smallest absolute Gasteiger partial charge is 0.228 e. The van der Waals surface area contributed by atoms with Crippen molar-refractivity contribution in [3.63, 3.8) is 0 Å². The molecule has 0 aromatic carbocycles. The summed E-state index contributed by atoms with van der Waals surface area (Å²) in [7, 11) is 1.58. The minimum atomic E-state index is -0.0331. The van der Waals surface area contributed by atoms with Crippen LogP contribution in [0.3, 0.4) is 0 Å². The third-order valence-corrected chi connectivity index (χ3v) is 6.69. The molecule has 4 rings (SSSR count). The van der Waals surface area contributed by atoms with E-state index >= 15 is 0 Å². The van der Waals surface area contributed by atoms with E-state index in [1.165, 1.54) is 30.6 Å². The van der Waals surface area contributed by atoms with Gasteiger partial charge in [0, 0.05) is 43.4 Å². The van der Waals surface area contributed by atoms with Crippen molar-refractivity contribution in [1.29, 1.82) is 5.26 Å². The summed E-state index contributed by atoms with van der Waals surface area (Å²) in [6.45, 7) is 0.834. The first kappa shape index (κ1) is 20.8. The molecule has 2 bridgehead atoms. The van der Waals surface area contributed by atoms with Gasteiger partial charge in [0.2, 0.25) is 11.8 Å². The van der Waals surface area contributed by atoms with E-state index in [0.29, 0.717) is 47.3 Å². The van der Waals surface area contributed by atoms with Crippen LogP contribution in [-0.4, -0.2) is 56.7 Å². The van der Waals surface area contributed by atoms with Crippen molar-refractivity contribution >= 4 is 28.2 Å². The van der Waals surface area contributed by atoms with E-state index in [2.05, 4.69) is 36.6 Å². The average Bonchev–Trinajstić information content (AvgIpc) is 3.19. The van der Waals surface area contributed by atoms with Crippen molar-refractivity contribution in [3.05, 3.63) is 17.1 Å². The zero-order chi connectivity index (χ0) is 20.9. The minimum absolute atomic E-state index is 0.0331. The van der Waals surface area contributed by atoms with Gasteiger partial charge in [-0.3, -0.25) is 4.90 Å².